The Morgan fingerprint density at radius 2 is 2.29 bits per heavy atom. The lowest BCUT2D eigenvalue weighted by atomic mass is 10.3. The van der Waals surface area contributed by atoms with Crippen LogP contribution >= 0.6 is 0 Å². The lowest BCUT2D eigenvalue weighted by molar-refractivity contribution is -0.126. The largest absolute Gasteiger partial charge is 0.367 e. The maximum atomic E-state index is 10.0. The van der Waals surface area contributed by atoms with Crippen molar-refractivity contribution in [2.75, 3.05) is 0 Å². The van der Waals surface area contributed by atoms with E-state index in [-0.39, 0.29) is 0 Å². The Morgan fingerprint density at radius 1 is 1.86 bits per heavy atom. The first-order chi connectivity index (χ1) is 3.18. The molecule has 1 radical (unpaired) electrons. The van der Waals surface area contributed by atoms with Crippen molar-refractivity contribution in [1.82, 2.24) is 0 Å². The molecule has 0 heterocycles. The molecule has 7 heavy (non-hydrogen) atoms. The number of carbonyl (C=O) groups excluding carboxylic acids is 1. The van der Waals surface area contributed by atoms with Crippen LogP contribution in [-0.4, -0.2) is 12.0 Å². The first-order valence-electron chi connectivity index (χ1n) is 1.76. The van der Waals surface area contributed by atoms with Crippen molar-refractivity contribution in [1.29, 1.82) is 0 Å². The molecule has 3 nitrogen and oxygen atoms in total. The molecule has 0 aliphatic carbocycles. The summed E-state index contributed by atoms with van der Waals surface area (Å²) < 4.78 is 0. The average Bonchev–Trinajstić information content (AvgIpc) is 1.65. The summed E-state index contributed by atoms with van der Waals surface area (Å²) in [4.78, 5) is 9.77. The van der Waals surface area contributed by atoms with E-state index in [9.17, 15) is 9.90 Å². The van der Waals surface area contributed by atoms with Gasteiger partial charge in [-0.2, -0.15) is 0 Å². The molecule has 0 aliphatic rings. The van der Waals surface area contributed by atoms with Gasteiger partial charge in [0.05, 0.1) is 0 Å². The topological polar surface area (TPSA) is 63.0 Å². The van der Waals surface area contributed by atoms with Gasteiger partial charge in [0.1, 0.15) is 0 Å². The van der Waals surface area contributed by atoms with Gasteiger partial charge in [0.25, 0.3) is 5.91 Å². The van der Waals surface area contributed by atoms with Gasteiger partial charge in [-0.3, -0.25) is 4.79 Å². The van der Waals surface area contributed by atoms with Crippen LogP contribution in [0.3, 0.4) is 0 Å². The van der Waals surface area contributed by atoms with Crippen molar-refractivity contribution in [3.63, 3.8) is 0 Å². The molecule has 0 saturated heterocycles. The Bertz CT molecular complexity index is 89.7. The summed E-state index contributed by atoms with van der Waals surface area (Å²) in [6, 6.07) is 0. The summed E-state index contributed by atoms with van der Waals surface area (Å²) in [5, 5.41) is 10.0. The summed E-state index contributed by atoms with van der Waals surface area (Å²) in [6.45, 7) is 3.07. The van der Waals surface area contributed by atoms with Gasteiger partial charge in [0.15, 0.2) is 6.10 Å². The molecular weight excluding hydrogens is 94.0 g/mol. The number of hydrogen-bond donors (Lipinski definition) is 1. The van der Waals surface area contributed by atoms with E-state index < -0.39 is 12.0 Å². The number of nitrogens with two attached hydrogens (primary N) is 1. The molecule has 0 aromatic rings. The van der Waals surface area contributed by atoms with Gasteiger partial charge < -0.3 is 5.73 Å². The standard InChI is InChI=1S/C4H6NO2/c1-2-3(6)4(5)7/h2-3H,1H2,(H2,5,7). The van der Waals surface area contributed by atoms with E-state index in [4.69, 9.17) is 0 Å². The second kappa shape index (κ2) is 2.36. The van der Waals surface area contributed by atoms with Gasteiger partial charge >= 0.3 is 0 Å². The number of hydrogen-bond acceptors (Lipinski definition) is 1. The Labute approximate surface area is 41.4 Å². The van der Waals surface area contributed by atoms with Gasteiger partial charge in [0, 0.05) is 0 Å². The van der Waals surface area contributed by atoms with E-state index in [2.05, 4.69) is 12.3 Å². The van der Waals surface area contributed by atoms with Gasteiger partial charge in [-0.1, -0.05) is 12.7 Å². The van der Waals surface area contributed by atoms with Gasteiger partial charge in [-0.05, 0) is 0 Å². The first-order valence-corrected chi connectivity index (χ1v) is 1.76. The molecule has 0 aliphatic heterocycles. The van der Waals surface area contributed by atoms with Crippen LogP contribution in [0.5, 0.6) is 0 Å². The fourth-order valence-electron chi connectivity index (χ4n) is 0.116. The Kier molecular flexibility index (Phi) is 2.08. The highest BCUT2D eigenvalue weighted by molar-refractivity contribution is 5.80. The van der Waals surface area contributed by atoms with Crippen molar-refractivity contribution in [2.45, 2.75) is 6.10 Å². The molecule has 3 heteroatoms. The minimum absolute atomic E-state index is 0.880. The highest BCUT2D eigenvalue weighted by Crippen LogP contribution is 1.78. The van der Waals surface area contributed by atoms with Crippen LogP contribution in [-0.2, 0) is 9.90 Å². The van der Waals surface area contributed by atoms with E-state index in [0.29, 0.717) is 0 Å². The Balaban J connectivity index is 3.55. The van der Waals surface area contributed by atoms with Gasteiger partial charge in [0.2, 0.25) is 0 Å². The van der Waals surface area contributed by atoms with Crippen LogP contribution in [0.15, 0.2) is 12.7 Å². The number of carbonyl (C=O) groups is 1. The molecule has 1 amide bonds. The fourth-order valence-corrected chi connectivity index (χ4v) is 0.116. The van der Waals surface area contributed by atoms with Gasteiger partial charge in [-0.25, -0.2) is 5.11 Å². The predicted octanol–water partition coefficient (Wildman–Crippen LogP) is -0.543. The van der Waals surface area contributed by atoms with Gasteiger partial charge in [-0.15, -0.1) is 0 Å². The third-order valence-corrected chi connectivity index (χ3v) is 0.494. The molecule has 0 saturated carbocycles. The molecule has 0 spiro atoms. The average molecular weight is 100 g/mol. The quantitative estimate of drug-likeness (QED) is 0.465. The molecule has 0 rings (SSSR count). The highest BCUT2D eigenvalue weighted by Gasteiger charge is 2.04. The molecule has 0 bridgehead atoms. The smallest absolute Gasteiger partial charge is 0.253 e. The third kappa shape index (κ3) is 1.94. The minimum atomic E-state index is -1.44. The number of primary amides is 1. The first kappa shape index (κ1) is 6.17. The summed E-state index contributed by atoms with van der Waals surface area (Å²) in [5.41, 5.74) is 4.52. The van der Waals surface area contributed by atoms with E-state index in [1.165, 1.54) is 0 Å². The van der Waals surface area contributed by atoms with Crippen LogP contribution in [0.1, 0.15) is 0 Å². The summed E-state index contributed by atoms with van der Waals surface area (Å²) >= 11 is 0. The molecule has 2 N–H and O–H groups in total. The van der Waals surface area contributed by atoms with Crippen LogP contribution in [0.2, 0.25) is 0 Å². The second-order valence-corrected chi connectivity index (χ2v) is 1.06. The zero-order valence-electron chi connectivity index (χ0n) is 3.76. The van der Waals surface area contributed by atoms with Crippen LogP contribution < -0.4 is 5.73 Å². The molecule has 39 valence electrons. The Morgan fingerprint density at radius 3 is 2.29 bits per heavy atom. The lowest BCUT2D eigenvalue weighted by Gasteiger charge is -1.89. The van der Waals surface area contributed by atoms with E-state index in [1.807, 2.05) is 0 Å². The highest BCUT2D eigenvalue weighted by atomic mass is 16.3. The zero-order chi connectivity index (χ0) is 5.86. The maximum absolute atomic E-state index is 10.0. The summed E-state index contributed by atoms with van der Waals surface area (Å²) in [6.07, 6.45) is -0.484. The molecule has 1 atom stereocenters. The monoisotopic (exact) mass is 100 g/mol. The third-order valence-electron chi connectivity index (χ3n) is 0.494. The molecule has 0 fully saturated rings. The normalized spacial score (nSPS) is 12.7. The number of rotatable bonds is 2. The van der Waals surface area contributed by atoms with Crippen molar-refractivity contribution in [3.05, 3.63) is 12.7 Å². The van der Waals surface area contributed by atoms with Crippen molar-refractivity contribution in [3.8, 4) is 0 Å². The summed E-state index contributed by atoms with van der Waals surface area (Å²) in [5.74, 6) is -0.880. The molecule has 0 aromatic carbocycles. The lowest BCUT2D eigenvalue weighted by Crippen LogP contribution is -2.24. The van der Waals surface area contributed by atoms with E-state index in [0.717, 1.165) is 6.08 Å². The van der Waals surface area contributed by atoms with Crippen molar-refractivity contribution < 1.29 is 9.90 Å². The summed E-state index contributed by atoms with van der Waals surface area (Å²) in [7, 11) is 0. The zero-order valence-corrected chi connectivity index (χ0v) is 3.76. The molecule has 0 aromatic heterocycles. The number of amides is 1. The molecule has 1 unspecified atom stereocenters. The second-order valence-electron chi connectivity index (χ2n) is 1.06. The van der Waals surface area contributed by atoms with Crippen molar-refractivity contribution >= 4 is 5.91 Å². The van der Waals surface area contributed by atoms with Crippen LogP contribution in [0.4, 0.5) is 0 Å². The Hall–Kier alpha value is -0.830. The van der Waals surface area contributed by atoms with E-state index in [1.54, 1.807) is 0 Å². The fraction of sp³-hybridized carbons (Fsp3) is 0.250. The SMILES string of the molecule is C=CC([O])C(N)=O. The van der Waals surface area contributed by atoms with Crippen LogP contribution in [0, 0.1) is 0 Å². The predicted molar refractivity (Wildman–Crippen MR) is 23.9 cm³/mol. The van der Waals surface area contributed by atoms with E-state index >= 15 is 0 Å². The van der Waals surface area contributed by atoms with Crippen LogP contribution in [0.25, 0.3) is 0 Å². The van der Waals surface area contributed by atoms with Crippen molar-refractivity contribution in [2.24, 2.45) is 5.73 Å². The maximum Gasteiger partial charge on any atom is 0.253 e. The molecular formula is C4H6NO2. The minimum Gasteiger partial charge on any atom is -0.367 e.